The van der Waals surface area contributed by atoms with Crippen molar-refractivity contribution in [1.29, 1.82) is 0 Å². The molecule has 0 radical (unpaired) electrons. The van der Waals surface area contributed by atoms with Crippen molar-refractivity contribution in [2.45, 2.75) is 43.3 Å². The molecule has 0 aromatic heterocycles. The topological polar surface area (TPSA) is 12.5 Å². The molecule has 4 unspecified atom stereocenters. The van der Waals surface area contributed by atoms with Crippen LogP contribution in [0.3, 0.4) is 0 Å². The van der Waals surface area contributed by atoms with Crippen molar-refractivity contribution in [2.75, 3.05) is 0 Å². The van der Waals surface area contributed by atoms with Crippen molar-refractivity contribution in [3.05, 3.63) is 36.5 Å². The van der Waals surface area contributed by atoms with Crippen molar-refractivity contribution in [1.82, 2.24) is 0 Å². The molecule has 1 nitrogen and oxygen atoms in total. The van der Waals surface area contributed by atoms with Gasteiger partial charge in [0.05, 0.1) is 0 Å². The van der Waals surface area contributed by atoms with E-state index >= 15 is 0 Å². The van der Waals surface area contributed by atoms with E-state index in [1.165, 1.54) is 25.7 Å². The van der Waals surface area contributed by atoms with Crippen molar-refractivity contribution in [2.24, 2.45) is 11.8 Å². The Balaban J connectivity index is 1.67. The van der Waals surface area contributed by atoms with Gasteiger partial charge in [-0.1, -0.05) is 36.5 Å². The summed E-state index contributed by atoms with van der Waals surface area (Å²) in [4.78, 5) is 0. The molecule has 1 heterocycles. The maximum absolute atomic E-state index is 6.33. The second-order valence-corrected chi connectivity index (χ2v) is 5.78. The van der Waals surface area contributed by atoms with Crippen LogP contribution in [-0.4, -0.2) is 11.2 Å². The third-order valence-electron chi connectivity index (χ3n) is 5.02. The Hall–Kier alpha value is -0.820. The highest BCUT2D eigenvalue weighted by molar-refractivity contribution is 5.31. The van der Waals surface area contributed by atoms with Gasteiger partial charge in [0, 0.05) is 5.92 Å². The van der Waals surface area contributed by atoms with Gasteiger partial charge in [0.2, 0.25) is 0 Å². The number of rotatable bonds is 1. The number of epoxide rings is 1. The SMILES string of the molecule is C1=CCC(C23CCC4C=CCC2(C4)O3)C=C1. The van der Waals surface area contributed by atoms with Crippen LogP contribution >= 0.6 is 0 Å². The Labute approximate surface area is 96.9 Å². The standard InChI is InChI=1S/C15H18O/c1-2-6-13(7-3-1)15-10-8-12-5-4-9-14(15,11-12)16-15/h1-6,12-13H,7-11H2. The van der Waals surface area contributed by atoms with Gasteiger partial charge in [-0.2, -0.15) is 0 Å². The van der Waals surface area contributed by atoms with E-state index in [0.29, 0.717) is 5.92 Å². The zero-order valence-corrected chi connectivity index (χ0v) is 9.56. The van der Waals surface area contributed by atoms with Crippen molar-refractivity contribution < 1.29 is 4.74 Å². The van der Waals surface area contributed by atoms with Crippen molar-refractivity contribution in [3.8, 4) is 0 Å². The Bertz CT molecular complexity index is 402. The summed E-state index contributed by atoms with van der Waals surface area (Å²) in [5.74, 6) is 1.43. The Morgan fingerprint density at radius 1 is 1.12 bits per heavy atom. The molecular formula is C15H18O. The van der Waals surface area contributed by atoms with E-state index in [0.717, 1.165) is 12.3 Å². The molecule has 0 N–H and O–H groups in total. The summed E-state index contributed by atoms with van der Waals surface area (Å²) in [7, 11) is 0. The largest absolute Gasteiger partial charge is 0.362 e. The molecule has 1 saturated carbocycles. The summed E-state index contributed by atoms with van der Waals surface area (Å²) < 4.78 is 6.33. The van der Waals surface area contributed by atoms with Crippen molar-refractivity contribution in [3.63, 3.8) is 0 Å². The first-order valence-corrected chi connectivity index (χ1v) is 6.55. The Morgan fingerprint density at radius 2 is 2.12 bits per heavy atom. The van der Waals surface area contributed by atoms with Crippen LogP contribution in [0.4, 0.5) is 0 Å². The van der Waals surface area contributed by atoms with Crippen LogP contribution in [-0.2, 0) is 4.74 Å². The normalized spacial score (nSPS) is 52.5. The summed E-state index contributed by atoms with van der Waals surface area (Å²) >= 11 is 0. The first-order valence-electron chi connectivity index (χ1n) is 6.55. The third kappa shape index (κ3) is 1.00. The predicted molar refractivity (Wildman–Crippen MR) is 64.0 cm³/mol. The Morgan fingerprint density at radius 3 is 3.00 bits per heavy atom. The zero-order valence-electron chi connectivity index (χ0n) is 9.56. The average molecular weight is 214 g/mol. The van der Waals surface area contributed by atoms with E-state index in [4.69, 9.17) is 4.74 Å². The highest BCUT2D eigenvalue weighted by Crippen LogP contribution is 2.66. The molecule has 2 fully saturated rings. The van der Waals surface area contributed by atoms with Gasteiger partial charge < -0.3 is 4.74 Å². The molecule has 1 aliphatic heterocycles. The molecule has 16 heavy (non-hydrogen) atoms. The lowest BCUT2D eigenvalue weighted by atomic mass is 9.64. The molecule has 0 aromatic carbocycles. The third-order valence-corrected chi connectivity index (χ3v) is 5.02. The molecule has 84 valence electrons. The van der Waals surface area contributed by atoms with Crippen LogP contribution in [0.15, 0.2) is 36.5 Å². The molecule has 1 saturated heterocycles. The van der Waals surface area contributed by atoms with E-state index in [1.807, 2.05) is 0 Å². The highest BCUT2D eigenvalue weighted by atomic mass is 16.6. The van der Waals surface area contributed by atoms with Gasteiger partial charge >= 0.3 is 0 Å². The lowest BCUT2D eigenvalue weighted by molar-refractivity contribution is 0.225. The lowest BCUT2D eigenvalue weighted by Crippen LogP contribution is -2.39. The monoisotopic (exact) mass is 214 g/mol. The van der Waals surface area contributed by atoms with E-state index < -0.39 is 0 Å². The van der Waals surface area contributed by atoms with Gasteiger partial charge in [-0.25, -0.2) is 0 Å². The molecule has 4 aliphatic rings. The van der Waals surface area contributed by atoms with Crippen LogP contribution in [0.25, 0.3) is 0 Å². The minimum Gasteiger partial charge on any atom is -0.362 e. The minimum absolute atomic E-state index is 0.204. The van der Waals surface area contributed by atoms with E-state index in [9.17, 15) is 0 Å². The summed E-state index contributed by atoms with van der Waals surface area (Å²) in [6.07, 6.45) is 20.0. The van der Waals surface area contributed by atoms with Crippen LogP contribution in [0.2, 0.25) is 0 Å². The quantitative estimate of drug-likeness (QED) is 0.481. The number of hydrogen-bond donors (Lipinski definition) is 0. The van der Waals surface area contributed by atoms with E-state index in [-0.39, 0.29) is 11.2 Å². The van der Waals surface area contributed by atoms with E-state index in [1.54, 1.807) is 0 Å². The summed E-state index contributed by atoms with van der Waals surface area (Å²) in [6.45, 7) is 0. The fourth-order valence-corrected chi connectivity index (χ4v) is 4.18. The molecule has 1 heteroatoms. The van der Waals surface area contributed by atoms with Gasteiger partial charge in [-0.15, -0.1) is 0 Å². The Kier molecular flexibility index (Phi) is 1.67. The molecule has 2 bridgehead atoms. The number of allylic oxidation sites excluding steroid dienone is 4. The summed E-state index contributed by atoms with van der Waals surface area (Å²) in [6, 6.07) is 0. The number of hydrogen-bond acceptors (Lipinski definition) is 1. The molecule has 3 aliphatic carbocycles. The van der Waals surface area contributed by atoms with Gasteiger partial charge in [0.1, 0.15) is 11.2 Å². The molecule has 0 aromatic rings. The smallest absolute Gasteiger partial charge is 0.105 e. The first kappa shape index (κ1) is 9.23. The van der Waals surface area contributed by atoms with Crippen molar-refractivity contribution >= 4 is 0 Å². The van der Waals surface area contributed by atoms with Crippen LogP contribution in [0.1, 0.15) is 32.1 Å². The molecular weight excluding hydrogens is 196 g/mol. The fourth-order valence-electron chi connectivity index (χ4n) is 4.18. The maximum Gasteiger partial charge on any atom is 0.105 e. The van der Waals surface area contributed by atoms with Gasteiger partial charge in [0.15, 0.2) is 0 Å². The van der Waals surface area contributed by atoms with Crippen LogP contribution in [0, 0.1) is 11.8 Å². The predicted octanol–water partition coefficient (Wildman–Crippen LogP) is 3.39. The molecule has 4 atom stereocenters. The number of ether oxygens (including phenoxy) is 1. The zero-order chi connectivity index (χ0) is 10.6. The van der Waals surface area contributed by atoms with Gasteiger partial charge in [0.25, 0.3) is 0 Å². The average Bonchev–Trinajstić information content (AvgIpc) is 2.98. The maximum atomic E-state index is 6.33. The second kappa shape index (κ2) is 2.89. The number of fused-ring (bicyclic) bond motifs is 1. The molecule has 0 amide bonds. The second-order valence-electron chi connectivity index (χ2n) is 5.78. The first-order chi connectivity index (χ1) is 7.85. The minimum atomic E-state index is 0.204. The molecule has 4 rings (SSSR count). The lowest BCUT2D eigenvalue weighted by Gasteiger charge is -2.35. The highest BCUT2D eigenvalue weighted by Gasteiger charge is 2.73. The van der Waals surface area contributed by atoms with Crippen LogP contribution in [0.5, 0.6) is 0 Å². The van der Waals surface area contributed by atoms with E-state index in [2.05, 4.69) is 36.5 Å². The van der Waals surface area contributed by atoms with Gasteiger partial charge in [-0.3, -0.25) is 0 Å². The van der Waals surface area contributed by atoms with Gasteiger partial charge in [-0.05, 0) is 38.0 Å². The summed E-state index contributed by atoms with van der Waals surface area (Å²) in [5, 5.41) is 0. The fraction of sp³-hybridized carbons (Fsp3) is 0.600. The molecule has 1 spiro atoms. The summed E-state index contributed by atoms with van der Waals surface area (Å²) in [5.41, 5.74) is 0.431. The van der Waals surface area contributed by atoms with Crippen LogP contribution < -0.4 is 0 Å².